The average Bonchev–Trinajstić information content (AvgIpc) is 2.89. The molecule has 2 atom stereocenters. The van der Waals surface area contributed by atoms with Crippen LogP contribution >= 0.6 is 15.9 Å². The Hall–Kier alpha value is -2.03. The second-order valence-corrected chi connectivity index (χ2v) is 11.1. The molecule has 1 amide bonds. The lowest BCUT2D eigenvalue weighted by Crippen LogP contribution is -2.52. The Labute approximate surface area is 216 Å². The molecule has 1 aromatic carbocycles. The molecule has 5 rings (SSSR count). The largest absolute Gasteiger partial charge is 0.380 e. The zero-order valence-corrected chi connectivity index (χ0v) is 22.4. The number of rotatable bonds is 5. The number of hydrogen-bond acceptors (Lipinski definition) is 6. The highest BCUT2D eigenvalue weighted by Gasteiger charge is 2.31. The highest BCUT2D eigenvalue weighted by Crippen LogP contribution is 2.29. The quantitative estimate of drug-likeness (QED) is 0.609. The minimum atomic E-state index is 0.0252. The first kappa shape index (κ1) is 24.7. The number of likely N-dealkylation sites (tertiary alicyclic amines) is 1. The van der Waals surface area contributed by atoms with Crippen LogP contribution in [0.4, 0.5) is 5.82 Å². The lowest BCUT2D eigenvalue weighted by atomic mass is 9.90. The van der Waals surface area contributed by atoms with Crippen LogP contribution in [-0.2, 0) is 17.7 Å². The molecule has 2 aliphatic heterocycles. The van der Waals surface area contributed by atoms with Gasteiger partial charge in [-0.05, 0) is 62.3 Å². The van der Waals surface area contributed by atoms with Crippen molar-refractivity contribution in [2.45, 2.75) is 76.6 Å². The number of nitrogens with zero attached hydrogens (tertiary/aromatic N) is 4. The molecular formula is C27H36BrN5O2. The Morgan fingerprint density at radius 3 is 2.69 bits per heavy atom. The molecule has 1 saturated heterocycles. The van der Waals surface area contributed by atoms with Gasteiger partial charge in [0.25, 0.3) is 5.91 Å². The number of methoxy groups -OCH3 is 1. The summed E-state index contributed by atoms with van der Waals surface area (Å²) in [6.07, 6.45) is 9.61. The van der Waals surface area contributed by atoms with E-state index < -0.39 is 0 Å². The van der Waals surface area contributed by atoms with E-state index in [2.05, 4.69) is 54.3 Å². The minimum Gasteiger partial charge on any atom is -0.380 e. The SMILES string of the molecule is CO[C@@H]1CCCC[C@@H]1NC1CCN(C(=O)c2ncnc(N3CCc4ccc(Br)cc4C3)c2C)CC1. The molecule has 7 nitrogen and oxygen atoms in total. The van der Waals surface area contributed by atoms with Crippen LogP contribution in [0.15, 0.2) is 29.0 Å². The van der Waals surface area contributed by atoms with Gasteiger partial charge in [0, 0.05) is 55.4 Å². The van der Waals surface area contributed by atoms with Crippen molar-refractivity contribution in [3.63, 3.8) is 0 Å². The van der Waals surface area contributed by atoms with E-state index in [9.17, 15) is 4.79 Å². The van der Waals surface area contributed by atoms with Gasteiger partial charge < -0.3 is 19.9 Å². The third kappa shape index (κ3) is 5.39. The Balaban J connectivity index is 1.23. The maximum Gasteiger partial charge on any atom is 0.272 e. The molecule has 2 aromatic rings. The predicted octanol–water partition coefficient (Wildman–Crippen LogP) is 4.26. The molecule has 1 saturated carbocycles. The van der Waals surface area contributed by atoms with Gasteiger partial charge in [-0.15, -0.1) is 0 Å². The van der Waals surface area contributed by atoms with Gasteiger partial charge in [0.05, 0.1) is 6.10 Å². The lowest BCUT2D eigenvalue weighted by Gasteiger charge is -2.38. The van der Waals surface area contributed by atoms with Crippen LogP contribution in [0, 0.1) is 6.92 Å². The van der Waals surface area contributed by atoms with Crippen LogP contribution in [0.1, 0.15) is 65.7 Å². The topological polar surface area (TPSA) is 70.6 Å². The number of nitrogens with one attached hydrogen (secondary N) is 1. The first-order chi connectivity index (χ1) is 17.0. The Morgan fingerprint density at radius 1 is 1.09 bits per heavy atom. The standard InChI is InChI=1S/C27H36BrN5O2/c1-18-25(29-17-30-26(18)33-12-9-19-7-8-21(28)15-20(19)16-33)27(34)32-13-10-22(11-14-32)31-23-5-3-4-6-24(23)35-2/h7-8,15,17,22-24,31H,3-6,9-14,16H2,1-2H3/t23-,24+/m0/s1. The van der Waals surface area contributed by atoms with E-state index >= 15 is 0 Å². The number of ether oxygens (including phenoxy) is 1. The number of carbonyl (C=O) groups excluding carboxylic acids is 1. The van der Waals surface area contributed by atoms with E-state index in [1.54, 1.807) is 6.33 Å². The van der Waals surface area contributed by atoms with Crippen molar-refractivity contribution in [2.75, 3.05) is 31.6 Å². The van der Waals surface area contributed by atoms with Crippen LogP contribution in [0.5, 0.6) is 0 Å². The van der Waals surface area contributed by atoms with Crippen LogP contribution in [-0.4, -0.2) is 65.7 Å². The fraction of sp³-hybridized carbons (Fsp3) is 0.593. The summed E-state index contributed by atoms with van der Waals surface area (Å²) in [5.74, 6) is 0.894. The number of anilines is 1. The summed E-state index contributed by atoms with van der Waals surface area (Å²) in [6, 6.07) is 7.36. The monoisotopic (exact) mass is 541 g/mol. The summed E-state index contributed by atoms with van der Waals surface area (Å²) in [5, 5.41) is 3.84. The van der Waals surface area contributed by atoms with Crippen molar-refractivity contribution in [3.8, 4) is 0 Å². The number of hydrogen-bond donors (Lipinski definition) is 1. The van der Waals surface area contributed by atoms with Crippen LogP contribution in [0.2, 0.25) is 0 Å². The van der Waals surface area contributed by atoms with Gasteiger partial charge in [0.2, 0.25) is 0 Å². The summed E-state index contributed by atoms with van der Waals surface area (Å²) in [5.41, 5.74) is 4.10. The molecule has 188 valence electrons. The molecule has 0 spiro atoms. The highest BCUT2D eigenvalue weighted by atomic mass is 79.9. The molecule has 1 aliphatic carbocycles. The Kier molecular flexibility index (Phi) is 7.70. The molecule has 35 heavy (non-hydrogen) atoms. The molecule has 8 heteroatoms. The molecular weight excluding hydrogens is 506 g/mol. The van der Waals surface area contributed by atoms with E-state index in [1.165, 1.54) is 30.4 Å². The summed E-state index contributed by atoms with van der Waals surface area (Å²) in [7, 11) is 1.83. The summed E-state index contributed by atoms with van der Waals surface area (Å²) < 4.78 is 6.80. The minimum absolute atomic E-state index is 0.0252. The second kappa shape index (κ2) is 10.9. The van der Waals surface area contributed by atoms with E-state index in [4.69, 9.17) is 4.74 Å². The number of halogens is 1. The number of carbonyl (C=O) groups is 1. The number of benzene rings is 1. The highest BCUT2D eigenvalue weighted by molar-refractivity contribution is 9.10. The molecule has 0 bridgehead atoms. The number of aromatic nitrogens is 2. The molecule has 0 radical (unpaired) electrons. The molecule has 3 heterocycles. The van der Waals surface area contributed by atoms with Crippen LogP contribution in [0.25, 0.3) is 0 Å². The van der Waals surface area contributed by atoms with Gasteiger partial charge in [-0.2, -0.15) is 0 Å². The number of amides is 1. The molecule has 1 aromatic heterocycles. The van der Waals surface area contributed by atoms with E-state index in [1.807, 2.05) is 18.9 Å². The zero-order valence-electron chi connectivity index (χ0n) is 20.8. The Morgan fingerprint density at radius 2 is 1.89 bits per heavy atom. The van der Waals surface area contributed by atoms with Gasteiger partial charge in [-0.1, -0.05) is 34.8 Å². The van der Waals surface area contributed by atoms with Crippen molar-refractivity contribution in [2.24, 2.45) is 0 Å². The van der Waals surface area contributed by atoms with Gasteiger partial charge in [-0.25, -0.2) is 9.97 Å². The molecule has 1 N–H and O–H groups in total. The Bertz CT molecular complexity index is 1060. The third-order valence-corrected chi connectivity index (χ3v) is 8.47. The summed E-state index contributed by atoms with van der Waals surface area (Å²) in [6.45, 7) is 5.18. The molecule has 3 aliphatic rings. The first-order valence-electron chi connectivity index (χ1n) is 13.0. The maximum atomic E-state index is 13.5. The third-order valence-electron chi connectivity index (χ3n) is 7.98. The fourth-order valence-corrected chi connectivity index (χ4v) is 6.36. The van der Waals surface area contributed by atoms with Gasteiger partial charge in [0.15, 0.2) is 0 Å². The smallest absolute Gasteiger partial charge is 0.272 e. The maximum absolute atomic E-state index is 13.5. The van der Waals surface area contributed by atoms with Crippen LogP contribution in [0.3, 0.4) is 0 Å². The summed E-state index contributed by atoms with van der Waals surface area (Å²) in [4.78, 5) is 26.7. The number of fused-ring (bicyclic) bond motifs is 1. The van der Waals surface area contributed by atoms with Crippen molar-refractivity contribution < 1.29 is 9.53 Å². The van der Waals surface area contributed by atoms with Gasteiger partial charge >= 0.3 is 0 Å². The van der Waals surface area contributed by atoms with Crippen molar-refractivity contribution in [1.29, 1.82) is 0 Å². The predicted molar refractivity (Wildman–Crippen MR) is 141 cm³/mol. The van der Waals surface area contributed by atoms with E-state index in [0.717, 1.165) is 67.7 Å². The fourth-order valence-electron chi connectivity index (χ4n) is 5.95. The second-order valence-electron chi connectivity index (χ2n) is 10.2. The molecule has 0 unspecified atom stereocenters. The van der Waals surface area contributed by atoms with Gasteiger partial charge in [-0.3, -0.25) is 4.79 Å². The van der Waals surface area contributed by atoms with Crippen molar-refractivity contribution in [1.82, 2.24) is 20.2 Å². The van der Waals surface area contributed by atoms with Crippen molar-refractivity contribution >= 4 is 27.7 Å². The first-order valence-corrected chi connectivity index (χ1v) is 13.7. The van der Waals surface area contributed by atoms with Gasteiger partial charge in [0.1, 0.15) is 17.8 Å². The van der Waals surface area contributed by atoms with Crippen LogP contribution < -0.4 is 10.2 Å². The molecule has 2 fully saturated rings. The average molecular weight is 543 g/mol. The number of piperidine rings is 1. The van der Waals surface area contributed by atoms with E-state index in [0.29, 0.717) is 23.9 Å². The normalized spacial score (nSPS) is 23.3. The van der Waals surface area contributed by atoms with Crippen molar-refractivity contribution in [3.05, 3.63) is 51.4 Å². The zero-order chi connectivity index (χ0) is 24.4. The summed E-state index contributed by atoms with van der Waals surface area (Å²) >= 11 is 3.59. The lowest BCUT2D eigenvalue weighted by molar-refractivity contribution is 0.0329. The van der Waals surface area contributed by atoms with E-state index in [-0.39, 0.29) is 5.91 Å².